The summed E-state index contributed by atoms with van der Waals surface area (Å²) in [5.41, 5.74) is -0.649. The first-order valence-corrected chi connectivity index (χ1v) is 11.2. The van der Waals surface area contributed by atoms with Crippen molar-refractivity contribution in [2.75, 3.05) is 25.6 Å². The lowest BCUT2D eigenvalue weighted by atomic mass is 9.99. The number of hydrogen-bond donors (Lipinski definition) is 1. The van der Waals surface area contributed by atoms with Crippen molar-refractivity contribution >= 4 is 17.6 Å². The fraction of sp³-hybridized carbons (Fsp3) is 0.500. The van der Waals surface area contributed by atoms with Gasteiger partial charge in [0, 0.05) is 30.8 Å². The molecule has 4 rings (SSSR count). The van der Waals surface area contributed by atoms with Crippen molar-refractivity contribution in [2.24, 2.45) is 0 Å². The molecule has 1 N–H and O–H groups in total. The number of hydrogen-bond acceptors (Lipinski definition) is 5. The van der Waals surface area contributed by atoms with Crippen molar-refractivity contribution in [2.45, 2.75) is 51.2 Å². The van der Waals surface area contributed by atoms with Crippen LogP contribution in [-0.2, 0) is 35.3 Å². The van der Waals surface area contributed by atoms with Gasteiger partial charge in [0.25, 0.3) is 12.3 Å². The fourth-order valence-electron chi connectivity index (χ4n) is 4.27. The van der Waals surface area contributed by atoms with E-state index in [0.29, 0.717) is 23.4 Å². The lowest BCUT2D eigenvalue weighted by molar-refractivity contribution is -0.169. The van der Waals surface area contributed by atoms with Gasteiger partial charge in [-0.1, -0.05) is 0 Å². The smallest absolute Gasteiger partial charge is 0.373 e. The van der Waals surface area contributed by atoms with E-state index in [2.05, 4.69) is 10.4 Å². The maximum atomic E-state index is 13.6. The second kappa shape index (κ2) is 10.2. The zero-order valence-electron chi connectivity index (χ0n) is 19.7. The van der Waals surface area contributed by atoms with Crippen LogP contribution in [0, 0.1) is 5.82 Å². The lowest BCUT2D eigenvalue weighted by Gasteiger charge is -2.33. The molecule has 1 aromatic heterocycles. The maximum Gasteiger partial charge on any atom is 0.419 e. The monoisotopic (exact) mass is 535 g/mol. The van der Waals surface area contributed by atoms with Crippen LogP contribution >= 0.6 is 0 Å². The van der Waals surface area contributed by atoms with Gasteiger partial charge in [-0.25, -0.2) is 23.0 Å². The highest BCUT2D eigenvalue weighted by atomic mass is 19.4. The third-order valence-electron chi connectivity index (χ3n) is 5.99. The second-order valence-corrected chi connectivity index (χ2v) is 8.72. The standard InChI is InChI=1S/C22H23F6N5O4/c1-11-5-17-14(8-32(11)21(35)29-12-3-4-16(23)15(6-12)22(26,27)28)19-20(34)31(2)37-13(7-33(19)30-17)9-36-10-18(24)25/h3-4,6,11,13,18H,5,7-10H2,1-2H3,(H,29,35)/t11-,13?/m1/s1. The lowest BCUT2D eigenvalue weighted by Crippen LogP contribution is -2.45. The van der Waals surface area contributed by atoms with Gasteiger partial charge in [-0.3, -0.25) is 14.3 Å². The molecule has 2 atom stereocenters. The normalized spacial score (nSPS) is 20.1. The molecule has 0 aliphatic carbocycles. The molecule has 9 nitrogen and oxygen atoms in total. The van der Waals surface area contributed by atoms with Crippen LogP contribution in [0.15, 0.2) is 18.2 Å². The topological polar surface area (TPSA) is 88.9 Å². The van der Waals surface area contributed by atoms with E-state index < -0.39 is 54.7 Å². The van der Waals surface area contributed by atoms with Gasteiger partial charge in [0.2, 0.25) is 0 Å². The van der Waals surface area contributed by atoms with E-state index in [0.717, 1.165) is 11.1 Å². The Kier molecular flexibility index (Phi) is 7.37. The molecule has 2 aliphatic heterocycles. The van der Waals surface area contributed by atoms with Crippen molar-refractivity contribution in [3.8, 4) is 0 Å². The number of halogens is 6. The molecule has 0 bridgehead atoms. The number of anilines is 1. The average molecular weight is 535 g/mol. The molecule has 202 valence electrons. The van der Waals surface area contributed by atoms with Crippen molar-refractivity contribution in [1.29, 1.82) is 0 Å². The second-order valence-electron chi connectivity index (χ2n) is 8.72. The number of fused-ring (bicyclic) bond motifs is 3. The summed E-state index contributed by atoms with van der Waals surface area (Å²) < 4.78 is 83.9. The van der Waals surface area contributed by atoms with Crippen LogP contribution in [0.3, 0.4) is 0 Å². The van der Waals surface area contributed by atoms with E-state index in [9.17, 15) is 35.9 Å². The Labute approximate surface area is 206 Å². The van der Waals surface area contributed by atoms with Gasteiger partial charge in [-0.2, -0.15) is 18.3 Å². The van der Waals surface area contributed by atoms with Crippen LogP contribution in [0.2, 0.25) is 0 Å². The molecule has 3 heterocycles. The molecular formula is C22H23F6N5O4. The Morgan fingerprint density at radius 3 is 2.73 bits per heavy atom. The number of nitrogens with zero attached hydrogens (tertiary/aromatic N) is 4. The molecule has 37 heavy (non-hydrogen) atoms. The third kappa shape index (κ3) is 5.66. The van der Waals surface area contributed by atoms with E-state index in [1.165, 1.54) is 16.6 Å². The Balaban J connectivity index is 1.55. The number of carbonyl (C=O) groups is 2. The van der Waals surface area contributed by atoms with E-state index in [1.807, 2.05) is 0 Å². The summed E-state index contributed by atoms with van der Waals surface area (Å²) in [7, 11) is 1.35. The Hall–Kier alpha value is -3.33. The van der Waals surface area contributed by atoms with Gasteiger partial charge in [0.15, 0.2) is 0 Å². The summed E-state index contributed by atoms with van der Waals surface area (Å²) in [5.74, 6) is -2.04. The van der Waals surface area contributed by atoms with Crippen molar-refractivity contribution < 1.29 is 45.5 Å². The maximum absolute atomic E-state index is 13.6. The third-order valence-corrected chi connectivity index (χ3v) is 5.99. The first-order chi connectivity index (χ1) is 17.3. The number of rotatable bonds is 5. The molecule has 0 spiro atoms. The highest BCUT2D eigenvalue weighted by molar-refractivity contribution is 5.94. The van der Waals surface area contributed by atoms with E-state index >= 15 is 0 Å². The number of aromatic nitrogens is 2. The van der Waals surface area contributed by atoms with Crippen molar-refractivity contribution in [1.82, 2.24) is 19.7 Å². The van der Waals surface area contributed by atoms with Gasteiger partial charge in [-0.15, -0.1) is 0 Å². The largest absolute Gasteiger partial charge is 0.419 e. The molecule has 2 aromatic rings. The average Bonchev–Trinajstić information content (AvgIpc) is 3.08. The van der Waals surface area contributed by atoms with Gasteiger partial charge < -0.3 is 15.0 Å². The minimum atomic E-state index is -4.94. The SMILES string of the molecule is C[C@@H]1Cc2nn3c(c2CN1C(=O)Nc1ccc(F)c(C(F)(F)F)c1)C(=O)N(C)OC(COCC(F)F)C3. The quantitative estimate of drug-likeness (QED) is 0.591. The summed E-state index contributed by atoms with van der Waals surface area (Å²) >= 11 is 0. The van der Waals surface area contributed by atoms with Crippen LogP contribution < -0.4 is 5.32 Å². The minimum absolute atomic E-state index is 0.0258. The Bertz CT molecular complexity index is 1190. The molecule has 0 fully saturated rings. The minimum Gasteiger partial charge on any atom is -0.373 e. The summed E-state index contributed by atoms with van der Waals surface area (Å²) in [4.78, 5) is 32.8. The zero-order chi connectivity index (χ0) is 27.1. The number of ether oxygens (including phenoxy) is 1. The van der Waals surface area contributed by atoms with E-state index in [-0.39, 0.29) is 37.5 Å². The number of urea groups is 1. The Morgan fingerprint density at radius 2 is 2.05 bits per heavy atom. The van der Waals surface area contributed by atoms with Gasteiger partial charge in [0.1, 0.15) is 24.2 Å². The number of alkyl halides is 5. The fourth-order valence-corrected chi connectivity index (χ4v) is 4.27. The number of carbonyl (C=O) groups excluding carboxylic acids is 2. The summed E-state index contributed by atoms with van der Waals surface area (Å²) in [6, 6.07) is 0.945. The molecule has 2 aliphatic rings. The summed E-state index contributed by atoms with van der Waals surface area (Å²) in [6.45, 7) is 0.639. The van der Waals surface area contributed by atoms with Crippen LogP contribution in [0.5, 0.6) is 0 Å². The zero-order valence-corrected chi connectivity index (χ0v) is 19.7. The molecule has 0 saturated carbocycles. The van der Waals surface area contributed by atoms with Gasteiger partial charge in [0.05, 0.1) is 31.0 Å². The van der Waals surface area contributed by atoms with Crippen LogP contribution in [0.25, 0.3) is 0 Å². The number of hydroxylamine groups is 2. The molecule has 3 amide bonds. The highest BCUT2D eigenvalue weighted by Crippen LogP contribution is 2.34. The predicted octanol–water partition coefficient (Wildman–Crippen LogP) is 3.69. The number of nitrogens with one attached hydrogen (secondary N) is 1. The van der Waals surface area contributed by atoms with Crippen molar-refractivity contribution in [3.05, 3.63) is 46.5 Å². The van der Waals surface area contributed by atoms with E-state index in [4.69, 9.17) is 9.57 Å². The highest BCUT2D eigenvalue weighted by Gasteiger charge is 2.38. The summed E-state index contributed by atoms with van der Waals surface area (Å²) in [5, 5.41) is 7.76. The molecule has 0 saturated heterocycles. The molecular weight excluding hydrogens is 512 g/mol. The first kappa shape index (κ1) is 26.7. The predicted molar refractivity (Wildman–Crippen MR) is 115 cm³/mol. The van der Waals surface area contributed by atoms with Crippen LogP contribution in [0.1, 0.15) is 34.2 Å². The first-order valence-electron chi connectivity index (χ1n) is 11.2. The van der Waals surface area contributed by atoms with Crippen molar-refractivity contribution in [3.63, 3.8) is 0 Å². The van der Waals surface area contributed by atoms with Gasteiger partial charge in [-0.05, 0) is 25.1 Å². The van der Waals surface area contributed by atoms with Crippen LogP contribution in [-0.4, -0.2) is 70.5 Å². The molecule has 1 unspecified atom stereocenters. The van der Waals surface area contributed by atoms with Gasteiger partial charge >= 0.3 is 12.2 Å². The summed E-state index contributed by atoms with van der Waals surface area (Å²) in [6.07, 6.45) is -8.14. The molecule has 0 radical (unpaired) electrons. The Morgan fingerprint density at radius 1 is 1.32 bits per heavy atom. The number of benzene rings is 1. The van der Waals surface area contributed by atoms with Crippen LogP contribution in [0.4, 0.5) is 36.8 Å². The molecule has 15 heteroatoms. The molecule has 1 aromatic carbocycles. The van der Waals surface area contributed by atoms with E-state index in [1.54, 1.807) is 6.92 Å². The number of amides is 3.